The van der Waals surface area contributed by atoms with Crippen LogP contribution in [0.5, 0.6) is 0 Å². The third-order valence-corrected chi connectivity index (χ3v) is 2.80. The lowest BCUT2D eigenvalue weighted by molar-refractivity contribution is 0.835. The van der Waals surface area contributed by atoms with E-state index < -0.39 is 0 Å². The third kappa shape index (κ3) is 2.55. The van der Waals surface area contributed by atoms with Crippen molar-refractivity contribution >= 4 is 18.3 Å². The lowest BCUT2D eigenvalue weighted by atomic mass is 10.2. The number of aromatic nitrogens is 1. The first-order valence-electron chi connectivity index (χ1n) is 5.23. The van der Waals surface area contributed by atoms with Gasteiger partial charge in [0, 0.05) is 16.8 Å². The molecule has 0 spiro atoms. The molecule has 0 aliphatic carbocycles. The van der Waals surface area contributed by atoms with E-state index in [1.54, 1.807) is 6.20 Å². The van der Waals surface area contributed by atoms with E-state index in [1.807, 2.05) is 42.5 Å². The maximum atomic E-state index is 4.40. The van der Waals surface area contributed by atoms with Crippen LogP contribution in [0.15, 0.2) is 53.6 Å². The van der Waals surface area contributed by atoms with Crippen molar-refractivity contribution in [1.82, 2.24) is 4.98 Å². The van der Waals surface area contributed by atoms with Crippen LogP contribution in [0.3, 0.4) is 0 Å². The zero-order valence-electron chi connectivity index (χ0n) is 9.09. The Morgan fingerprint density at radius 3 is 2.56 bits per heavy atom. The highest BCUT2D eigenvalue weighted by Crippen LogP contribution is 2.23. The van der Waals surface area contributed by atoms with Crippen LogP contribution in [0.1, 0.15) is 18.7 Å². The highest BCUT2D eigenvalue weighted by molar-refractivity contribution is 7.80. The van der Waals surface area contributed by atoms with E-state index in [2.05, 4.69) is 29.9 Å². The number of hydrogen-bond donors (Lipinski definition) is 2. The number of hydrogen-bond acceptors (Lipinski definition) is 3. The summed E-state index contributed by atoms with van der Waals surface area (Å²) in [6.07, 6.45) is 1.81. The Balaban J connectivity index is 2.14. The Morgan fingerprint density at radius 1 is 1.12 bits per heavy atom. The first-order chi connectivity index (χ1) is 7.77. The molecule has 1 heterocycles. The molecule has 1 aromatic carbocycles. The lowest BCUT2D eigenvalue weighted by Crippen LogP contribution is -2.08. The molecule has 2 aromatic rings. The number of rotatable bonds is 3. The van der Waals surface area contributed by atoms with Gasteiger partial charge in [0.1, 0.15) is 0 Å². The van der Waals surface area contributed by atoms with E-state index in [0.29, 0.717) is 0 Å². The fourth-order valence-corrected chi connectivity index (χ4v) is 1.76. The molecule has 3 heteroatoms. The first-order valence-corrected chi connectivity index (χ1v) is 5.67. The Hall–Kier alpha value is -1.48. The van der Waals surface area contributed by atoms with Gasteiger partial charge in [-0.3, -0.25) is 4.98 Å². The first kappa shape index (κ1) is 11.0. The van der Waals surface area contributed by atoms with Crippen molar-refractivity contribution in [2.24, 2.45) is 0 Å². The molecular weight excluding hydrogens is 216 g/mol. The SMILES string of the molecule is CC(Nc1ccccc1S)c1ccccn1. The molecule has 0 aliphatic heterocycles. The maximum absolute atomic E-state index is 4.40. The number of nitrogens with zero attached hydrogens (tertiary/aromatic N) is 1. The van der Waals surface area contributed by atoms with Crippen LogP contribution < -0.4 is 5.32 Å². The number of anilines is 1. The summed E-state index contributed by atoms with van der Waals surface area (Å²) in [5, 5.41) is 3.39. The number of para-hydroxylation sites is 1. The molecule has 0 bridgehead atoms. The molecule has 0 saturated heterocycles. The lowest BCUT2D eigenvalue weighted by Gasteiger charge is -2.15. The van der Waals surface area contributed by atoms with Crippen LogP contribution in [0.25, 0.3) is 0 Å². The average Bonchev–Trinajstić information content (AvgIpc) is 2.33. The minimum Gasteiger partial charge on any atom is -0.376 e. The topological polar surface area (TPSA) is 24.9 Å². The summed E-state index contributed by atoms with van der Waals surface area (Å²) in [7, 11) is 0. The molecule has 0 fully saturated rings. The van der Waals surface area contributed by atoms with Gasteiger partial charge in [0.15, 0.2) is 0 Å². The Kier molecular flexibility index (Phi) is 3.47. The van der Waals surface area contributed by atoms with Gasteiger partial charge in [0.25, 0.3) is 0 Å². The van der Waals surface area contributed by atoms with Gasteiger partial charge in [-0.15, -0.1) is 12.6 Å². The molecule has 16 heavy (non-hydrogen) atoms. The molecule has 2 nitrogen and oxygen atoms in total. The standard InChI is InChI=1S/C13H14N2S/c1-10(11-6-4-5-9-14-11)15-12-7-2-3-8-13(12)16/h2-10,15-16H,1H3. The van der Waals surface area contributed by atoms with Crippen LogP contribution in [-0.4, -0.2) is 4.98 Å². The molecule has 82 valence electrons. The molecule has 0 aliphatic rings. The molecule has 0 radical (unpaired) electrons. The summed E-state index contributed by atoms with van der Waals surface area (Å²) in [6.45, 7) is 2.09. The second-order valence-corrected chi connectivity index (χ2v) is 4.12. The normalized spacial score (nSPS) is 12.1. The van der Waals surface area contributed by atoms with E-state index in [9.17, 15) is 0 Å². The molecule has 2 rings (SSSR count). The summed E-state index contributed by atoms with van der Waals surface area (Å²) in [5.74, 6) is 0. The summed E-state index contributed by atoms with van der Waals surface area (Å²) in [6, 6.07) is 14.0. The number of benzene rings is 1. The third-order valence-electron chi connectivity index (χ3n) is 2.41. The second kappa shape index (κ2) is 5.03. The molecule has 1 N–H and O–H groups in total. The highest BCUT2D eigenvalue weighted by atomic mass is 32.1. The molecule has 1 unspecified atom stereocenters. The van der Waals surface area contributed by atoms with Gasteiger partial charge in [0.2, 0.25) is 0 Å². The Morgan fingerprint density at radius 2 is 1.88 bits per heavy atom. The molecule has 1 aromatic heterocycles. The quantitative estimate of drug-likeness (QED) is 0.788. The zero-order valence-corrected chi connectivity index (χ0v) is 9.99. The van der Waals surface area contributed by atoms with Gasteiger partial charge in [-0.05, 0) is 31.2 Å². The van der Waals surface area contributed by atoms with Gasteiger partial charge in [0.05, 0.1) is 11.7 Å². The van der Waals surface area contributed by atoms with Gasteiger partial charge in [-0.1, -0.05) is 18.2 Å². The van der Waals surface area contributed by atoms with Crippen LogP contribution in [0, 0.1) is 0 Å². The fourth-order valence-electron chi connectivity index (χ4n) is 1.53. The maximum Gasteiger partial charge on any atom is 0.0657 e. The number of pyridine rings is 1. The summed E-state index contributed by atoms with van der Waals surface area (Å²) in [4.78, 5) is 5.27. The van der Waals surface area contributed by atoms with E-state index >= 15 is 0 Å². The smallest absolute Gasteiger partial charge is 0.0657 e. The van der Waals surface area contributed by atoms with Crippen molar-refractivity contribution in [3.63, 3.8) is 0 Å². The predicted octanol–water partition coefficient (Wildman–Crippen LogP) is 3.54. The van der Waals surface area contributed by atoms with Gasteiger partial charge in [-0.2, -0.15) is 0 Å². The van der Waals surface area contributed by atoms with Crippen LogP contribution in [0.2, 0.25) is 0 Å². The molecule has 0 amide bonds. The number of thiol groups is 1. The average molecular weight is 230 g/mol. The van der Waals surface area contributed by atoms with Gasteiger partial charge in [-0.25, -0.2) is 0 Å². The summed E-state index contributed by atoms with van der Waals surface area (Å²) in [5.41, 5.74) is 2.06. The van der Waals surface area contributed by atoms with Crippen LogP contribution in [0.4, 0.5) is 5.69 Å². The van der Waals surface area contributed by atoms with Crippen molar-refractivity contribution in [3.05, 3.63) is 54.4 Å². The molecular formula is C13H14N2S. The van der Waals surface area contributed by atoms with Crippen molar-refractivity contribution < 1.29 is 0 Å². The summed E-state index contributed by atoms with van der Waals surface area (Å²) >= 11 is 4.40. The van der Waals surface area contributed by atoms with Crippen molar-refractivity contribution in [2.45, 2.75) is 17.9 Å². The van der Waals surface area contributed by atoms with Crippen LogP contribution >= 0.6 is 12.6 Å². The molecule has 1 atom stereocenters. The predicted molar refractivity (Wildman–Crippen MR) is 70.0 cm³/mol. The van der Waals surface area contributed by atoms with E-state index in [1.165, 1.54) is 0 Å². The van der Waals surface area contributed by atoms with E-state index in [0.717, 1.165) is 16.3 Å². The monoisotopic (exact) mass is 230 g/mol. The zero-order chi connectivity index (χ0) is 11.4. The van der Waals surface area contributed by atoms with Crippen LogP contribution in [-0.2, 0) is 0 Å². The minimum absolute atomic E-state index is 0.175. The second-order valence-electron chi connectivity index (χ2n) is 3.64. The molecule has 0 saturated carbocycles. The Bertz CT molecular complexity index is 456. The van der Waals surface area contributed by atoms with E-state index in [-0.39, 0.29) is 6.04 Å². The summed E-state index contributed by atoms with van der Waals surface area (Å²) < 4.78 is 0. The largest absolute Gasteiger partial charge is 0.376 e. The van der Waals surface area contributed by atoms with Gasteiger partial charge >= 0.3 is 0 Å². The highest BCUT2D eigenvalue weighted by Gasteiger charge is 2.06. The van der Waals surface area contributed by atoms with Crippen molar-refractivity contribution in [1.29, 1.82) is 0 Å². The van der Waals surface area contributed by atoms with Gasteiger partial charge < -0.3 is 5.32 Å². The van der Waals surface area contributed by atoms with E-state index in [4.69, 9.17) is 0 Å². The minimum atomic E-state index is 0.175. The fraction of sp³-hybridized carbons (Fsp3) is 0.154. The Labute approximate surface area is 101 Å². The number of nitrogens with one attached hydrogen (secondary N) is 1. The van der Waals surface area contributed by atoms with Crippen molar-refractivity contribution in [3.8, 4) is 0 Å². The van der Waals surface area contributed by atoms with Crippen molar-refractivity contribution in [2.75, 3.05) is 5.32 Å².